The van der Waals surface area contributed by atoms with Gasteiger partial charge in [0.1, 0.15) is 5.82 Å². The minimum atomic E-state index is -0.292. The second-order valence-electron chi connectivity index (χ2n) is 5.94. The minimum Gasteiger partial charge on any atom is -0.341 e. The molecule has 3 rings (SSSR count). The number of carbonyl (C=O) groups excluding carboxylic acids is 1. The van der Waals surface area contributed by atoms with Gasteiger partial charge in [0.15, 0.2) is 0 Å². The number of thiophene rings is 1. The van der Waals surface area contributed by atoms with Crippen LogP contribution in [0.25, 0.3) is 6.08 Å². The van der Waals surface area contributed by atoms with Crippen LogP contribution in [0.3, 0.4) is 0 Å². The van der Waals surface area contributed by atoms with Crippen LogP contribution in [0, 0.1) is 5.82 Å². The molecule has 0 saturated carbocycles. The summed E-state index contributed by atoms with van der Waals surface area (Å²) in [4.78, 5) is 13.5. The standard InChI is InChI=1S/C22H20FNOS/c1-2-16-5-10-18(11-6-16)22(20-4-3-15-26-20)24-21(25)14-9-17-7-12-19(23)13-8-17/h3-15,22H,2H2,1H3,(H,24,25)/b14-9+/t22-/m0/s1. The molecule has 0 spiro atoms. The molecule has 2 nitrogen and oxygen atoms in total. The Bertz CT molecular complexity index is 868. The minimum absolute atomic E-state index is 0.188. The lowest BCUT2D eigenvalue weighted by atomic mass is 10.0. The zero-order valence-corrected chi connectivity index (χ0v) is 15.3. The van der Waals surface area contributed by atoms with Gasteiger partial charge in [-0.2, -0.15) is 0 Å². The number of carbonyl (C=O) groups is 1. The lowest BCUT2D eigenvalue weighted by Gasteiger charge is -2.17. The van der Waals surface area contributed by atoms with E-state index in [0.717, 1.165) is 22.4 Å². The fourth-order valence-corrected chi connectivity index (χ4v) is 3.46. The summed E-state index contributed by atoms with van der Waals surface area (Å²) in [6, 6.07) is 18.2. The molecular weight excluding hydrogens is 345 g/mol. The Hall–Kier alpha value is -2.72. The molecule has 1 N–H and O–H groups in total. The monoisotopic (exact) mass is 365 g/mol. The van der Waals surface area contributed by atoms with Gasteiger partial charge in [0.25, 0.3) is 0 Å². The Morgan fingerprint density at radius 2 is 1.85 bits per heavy atom. The van der Waals surface area contributed by atoms with Gasteiger partial charge in [0, 0.05) is 11.0 Å². The van der Waals surface area contributed by atoms with Gasteiger partial charge < -0.3 is 5.32 Å². The molecule has 2 aromatic carbocycles. The van der Waals surface area contributed by atoms with E-state index in [4.69, 9.17) is 0 Å². The number of benzene rings is 2. The van der Waals surface area contributed by atoms with Crippen LogP contribution < -0.4 is 5.32 Å². The van der Waals surface area contributed by atoms with Crippen LogP contribution >= 0.6 is 11.3 Å². The first-order valence-corrected chi connectivity index (χ1v) is 9.40. The van der Waals surface area contributed by atoms with E-state index in [-0.39, 0.29) is 17.8 Å². The van der Waals surface area contributed by atoms with E-state index in [1.807, 2.05) is 17.5 Å². The fraction of sp³-hybridized carbons (Fsp3) is 0.136. The predicted molar refractivity (Wildman–Crippen MR) is 106 cm³/mol. The first-order chi connectivity index (χ1) is 12.7. The molecule has 0 saturated heterocycles. The third kappa shape index (κ3) is 4.67. The maximum atomic E-state index is 13.0. The average Bonchev–Trinajstić information content (AvgIpc) is 3.20. The third-order valence-electron chi connectivity index (χ3n) is 4.13. The summed E-state index contributed by atoms with van der Waals surface area (Å²) in [5, 5.41) is 5.07. The van der Waals surface area contributed by atoms with Gasteiger partial charge in [-0.25, -0.2) is 4.39 Å². The molecule has 0 aliphatic rings. The van der Waals surface area contributed by atoms with Crippen molar-refractivity contribution in [3.05, 3.63) is 99.5 Å². The van der Waals surface area contributed by atoms with E-state index in [1.165, 1.54) is 23.8 Å². The molecule has 0 fully saturated rings. The highest BCUT2D eigenvalue weighted by Crippen LogP contribution is 2.26. The number of rotatable bonds is 6. The first kappa shape index (κ1) is 18.1. The van der Waals surface area contributed by atoms with Crippen molar-refractivity contribution in [3.63, 3.8) is 0 Å². The van der Waals surface area contributed by atoms with Gasteiger partial charge in [0.05, 0.1) is 6.04 Å². The van der Waals surface area contributed by atoms with Gasteiger partial charge in [-0.3, -0.25) is 4.79 Å². The first-order valence-electron chi connectivity index (χ1n) is 8.52. The SMILES string of the molecule is CCc1ccc([C@H](NC(=O)/C=C/c2ccc(F)cc2)c2cccs2)cc1. The summed E-state index contributed by atoms with van der Waals surface area (Å²) < 4.78 is 13.0. The van der Waals surface area contributed by atoms with E-state index >= 15 is 0 Å². The summed E-state index contributed by atoms with van der Waals surface area (Å²) in [5.74, 6) is -0.479. The van der Waals surface area contributed by atoms with Gasteiger partial charge in [-0.15, -0.1) is 11.3 Å². The molecule has 0 radical (unpaired) electrons. The summed E-state index contributed by atoms with van der Waals surface area (Å²) in [6.07, 6.45) is 4.14. The highest BCUT2D eigenvalue weighted by Gasteiger charge is 2.16. The van der Waals surface area contributed by atoms with Crippen LogP contribution in [0.5, 0.6) is 0 Å². The topological polar surface area (TPSA) is 29.1 Å². The smallest absolute Gasteiger partial charge is 0.244 e. The molecular formula is C22H20FNOS. The number of hydrogen-bond acceptors (Lipinski definition) is 2. The van der Waals surface area contributed by atoms with E-state index in [9.17, 15) is 9.18 Å². The van der Waals surface area contributed by atoms with Crippen molar-refractivity contribution in [1.29, 1.82) is 0 Å². The molecule has 1 amide bonds. The van der Waals surface area contributed by atoms with Crippen LogP contribution in [0.1, 0.15) is 34.5 Å². The van der Waals surface area contributed by atoms with E-state index in [1.54, 1.807) is 29.5 Å². The Morgan fingerprint density at radius 1 is 1.12 bits per heavy atom. The maximum Gasteiger partial charge on any atom is 0.244 e. The normalized spacial score (nSPS) is 12.2. The Labute approximate surface area is 157 Å². The number of hydrogen-bond donors (Lipinski definition) is 1. The van der Waals surface area contributed by atoms with Gasteiger partial charge in [-0.1, -0.05) is 49.4 Å². The van der Waals surface area contributed by atoms with Gasteiger partial charge >= 0.3 is 0 Å². The average molecular weight is 365 g/mol. The molecule has 132 valence electrons. The van der Waals surface area contributed by atoms with Gasteiger partial charge in [0.2, 0.25) is 5.91 Å². The Morgan fingerprint density at radius 3 is 2.46 bits per heavy atom. The summed E-state index contributed by atoms with van der Waals surface area (Å²) in [5.41, 5.74) is 3.09. The van der Waals surface area contributed by atoms with Crippen molar-refractivity contribution in [2.45, 2.75) is 19.4 Å². The van der Waals surface area contributed by atoms with Crippen molar-refractivity contribution in [2.24, 2.45) is 0 Å². The van der Waals surface area contributed by atoms with Crippen LogP contribution in [0.15, 0.2) is 72.1 Å². The van der Waals surface area contributed by atoms with Crippen LogP contribution in [-0.4, -0.2) is 5.91 Å². The van der Waals surface area contributed by atoms with E-state index < -0.39 is 0 Å². The molecule has 1 heterocycles. The molecule has 0 aliphatic heterocycles. The van der Waals surface area contributed by atoms with Crippen molar-refractivity contribution < 1.29 is 9.18 Å². The Balaban J connectivity index is 1.77. The summed E-state index contributed by atoms with van der Waals surface area (Å²) in [7, 11) is 0. The van der Waals surface area contributed by atoms with Crippen molar-refractivity contribution in [2.75, 3.05) is 0 Å². The molecule has 26 heavy (non-hydrogen) atoms. The van der Waals surface area contributed by atoms with Crippen molar-refractivity contribution in [3.8, 4) is 0 Å². The number of amides is 1. The molecule has 0 unspecified atom stereocenters. The van der Waals surface area contributed by atoms with Crippen LogP contribution in [0.4, 0.5) is 4.39 Å². The van der Waals surface area contributed by atoms with Gasteiger partial charge in [-0.05, 0) is 52.8 Å². The molecule has 0 aliphatic carbocycles. The van der Waals surface area contributed by atoms with Crippen molar-refractivity contribution >= 4 is 23.3 Å². The number of aryl methyl sites for hydroxylation is 1. The highest BCUT2D eigenvalue weighted by atomic mass is 32.1. The number of halogens is 1. The van der Waals surface area contributed by atoms with Crippen molar-refractivity contribution in [1.82, 2.24) is 5.32 Å². The predicted octanol–water partition coefficient (Wildman–Crippen LogP) is 5.37. The zero-order chi connectivity index (χ0) is 18.4. The fourth-order valence-electron chi connectivity index (χ4n) is 2.66. The second-order valence-corrected chi connectivity index (χ2v) is 6.92. The molecule has 1 aromatic heterocycles. The number of nitrogens with one attached hydrogen (secondary N) is 1. The maximum absolute atomic E-state index is 13.0. The second kappa shape index (κ2) is 8.59. The Kier molecular flexibility index (Phi) is 5.97. The van der Waals surface area contributed by atoms with Crippen LogP contribution in [0.2, 0.25) is 0 Å². The van der Waals surface area contributed by atoms with E-state index in [0.29, 0.717) is 0 Å². The highest BCUT2D eigenvalue weighted by molar-refractivity contribution is 7.10. The lowest BCUT2D eigenvalue weighted by Crippen LogP contribution is -2.27. The molecule has 3 aromatic rings. The molecule has 0 bridgehead atoms. The molecule has 1 atom stereocenters. The molecule has 4 heteroatoms. The van der Waals surface area contributed by atoms with Crippen LogP contribution in [-0.2, 0) is 11.2 Å². The largest absolute Gasteiger partial charge is 0.341 e. The summed E-state index contributed by atoms with van der Waals surface area (Å²) >= 11 is 1.61. The summed E-state index contributed by atoms with van der Waals surface area (Å²) in [6.45, 7) is 2.12. The quantitative estimate of drug-likeness (QED) is 0.585. The zero-order valence-electron chi connectivity index (χ0n) is 14.5. The third-order valence-corrected chi connectivity index (χ3v) is 5.07. The lowest BCUT2D eigenvalue weighted by molar-refractivity contribution is -0.116. The van der Waals surface area contributed by atoms with E-state index in [2.05, 4.69) is 36.5 Å².